The highest BCUT2D eigenvalue weighted by Gasteiger charge is 2.09. The summed E-state index contributed by atoms with van der Waals surface area (Å²) in [4.78, 5) is 23.2. The first-order chi connectivity index (χ1) is 9.06. The fraction of sp³-hybridized carbons (Fsp3) is 0.0769. The number of rotatable bonds is 5. The zero-order valence-corrected chi connectivity index (χ0v) is 11.3. The second kappa shape index (κ2) is 5.86. The fourth-order valence-electron chi connectivity index (χ4n) is 1.40. The number of primary amides is 1. The van der Waals surface area contributed by atoms with Gasteiger partial charge in [0.05, 0.1) is 9.21 Å². The van der Waals surface area contributed by atoms with E-state index in [1.807, 2.05) is 0 Å². The fourth-order valence-corrected chi connectivity index (χ4v) is 2.37. The van der Waals surface area contributed by atoms with Crippen LogP contribution < -0.4 is 10.5 Å². The highest BCUT2D eigenvalue weighted by atomic mass is 35.5. The van der Waals surface area contributed by atoms with Crippen molar-refractivity contribution in [2.75, 3.05) is 6.61 Å². The molecule has 2 rings (SSSR count). The van der Waals surface area contributed by atoms with E-state index in [-0.39, 0.29) is 12.4 Å². The third-order valence-electron chi connectivity index (χ3n) is 2.36. The molecule has 19 heavy (non-hydrogen) atoms. The summed E-state index contributed by atoms with van der Waals surface area (Å²) in [6, 6.07) is 9.61. The number of ketones is 1. The molecule has 1 amide bonds. The van der Waals surface area contributed by atoms with Gasteiger partial charge in [-0.3, -0.25) is 9.59 Å². The molecule has 1 aromatic carbocycles. The van der Waals surface area contributed by atoms with Crippen molar-refractivity contribution < 1.29 is 14.3 Å². The molecule has 0 spiro atoms. The van der Waals surface area contributed by atoms with E-state index >= 15 is 0 Å². The molecule has 0 unspecified atom stereocenters. The van der Waals surface area contributed by atoms with Crippen LogP contribution >= 0.6 is 22.9 Å². The Morgan fingerprint density at radius 2 is 1.84 bits per heavy atom. The van der Waals surface area contributed by atoms with Gasteiger partial charge in [-0.2, -0.15) is 0 Å². The quantitative estimate of drug-likeness (QED) is 0.862. The van der Waals surface area contributed by atoms with E-state index in [2.05, 4.69) is 0 Å². The number of hydrogen-bond acceptors (Lipinski definition) is 4. The second-order valence-electron chi connectivity index (χ2n) is 3.70. The summed E-state index contributed by atoms with van der Waals surface area (Å²) in [5.74, 6) is -0.146. The molecule has 1 aromatic heterocycles. The van der Waals surface area contributed by atoms with E-state index in [1.165, 1.54) is 11.3 Å². The Hall–Kier alpha value is -1.85. The van der Waals surface area contributed by atoms with Crippen LogP contribution in [0.3, 0.4) is 0 Å². The van der Waals surface area contributed by atoms with Crippen LogP contribution in [0.15, 0.2) is 36.4 Å². The molecule has 0 aliphatic heterocycles. The first kappa shape index (κ1) is 13.6. The smallest absolute Gasteiger partial charge is 0.248 e. The lowest BCUT2D eigenvalue weighted by molar-refractivity contribution is 0.0924. The van der Waals surface area contributed by atoms with Crippen molar-refractivity contribution in [2.24, 2.45) is 5.73 Å². The summed E-state index contributed by atoms with van der Waals surface area (Å²) in [6.45, 7) is -0.0766. The third-order valence-corrected chi connectivity index (χ3v) is 3.63. The molecule has 4 nitrogen and oxygen atoms in total. The Labute approximate surface area is 118 Å². The predicted octanol–water partition coefficient (Wildman–Crippen LogP) is 2.76. The minimum absolute atomic E-state index is 0.0766. The lowest BCUT2D eigenvalue weighted by Gasteiger charge is -2.04. The molecule has 0 aliphatic rings. The van der Waals surface area contributed by atoms with E-state index in [9.17, 15) is 9.59 Å². The first-order valence-corrected chi connectivity index (χ1v) is 6.57. The van der Waals surface area contributed by atoms with Crippen LogP contribution in [-0.4, -0.2) is 18.3 Å². The van der Waals surface area contributed by atoms with Crippen LogP contribution in [0.5, 0.6) is 5.75 Å². The standard InChI is InChI=1S/C13H10ClNO3S/c14-12-6-5-11(19-12)10(16)7-18-9-3-1-8(2-4-9)13(15)17/h1-6H,7H2,(H2,15,17). The van der Waals surface area contributed by atoms with Gasteiger partial charge in [-0.25, -0.2) is 0 Å². The zero-order valence-electron chi connectivity index (χ0n) is 9.76. The normalized spacial score (nSPS) is 10.2. The lowest BCUT2D eigenvalue weighted by Crippen LogP contribution is -2.12. The van der Waals surface area contributed by atoms with Crippen molar-refractivity contribution in [3.63, 3.8) is 0 Å². The van der Waals surface area contributed by atoms with Crippen LogP contribution in [0.25, 0.3) is 0 Å². The second-order valence-corrected chi connectivity index (χ2v) is 5.42. The number of carbonyl (C=O) groups excluding carboxylic acids is 2. The number of amides is 1. The molecule has 0 saturated heterocycles. The number of thiophene rings is 1. The van der Waals surface area contributed by atoms with Gasteiger partial charge in [-0.15, -0.1) is 11.3 Å². The van der Waals surface area contributed by atoms with Gasteiger partial charge in [-0.1, -0.05) is 11.6 Å². The van der Waals surface area contributed by atoms with Gasteiger partial charge < -0.3 is 10.5 Å². The molecule has 0 radical (unpaired) electrons. The third kappa shape index (κ3) is 3.56. The van der Waals surface area contributed by atoms with Crippen LogP contribution in [0, 0.1) is 0 Å². The summed E-state index contributed by atoms with van der Waals surface area (Å²) in [7, 11) is 0. The van der Waals surface area contributed by atoms with Gasteiger partial charge in [0, 0.05) is 5.56 Å². The van der Waals surface area contributed by atoms with Gasteiger partial charge in [0.25, 0.3) is 0 Å². The maximum Gasteiger partial charge on any atom is 0.248 e. The van der Waals surface area contributed by atoms with Crippen LogP contribution in [0.4, 0.5) is 0 Å². The Bertz CT molecular complexity index is 607. The lowest BCUT2D eigenvalue weighted by atomic mass is 10.2. The SMILES string of the molecule is NC(=O)c1ccc(OCC(=O)c2ccc(Cl)s2)cc1. The highest BCUT2D eigenvalue weighted by molar-refractivity contribution is 7.18. The van der Waals surface area contributed by atoms with E-state index < -0.39 is 5.91 Å². The number of nitrogens with two attached hydrogens (primary N) is 1. The van der Waals surface area contributed by atoms with Crippen LogP contribution in [0.2, 0.25) is 4.34 Å². The maximum absolute atomic E-state index is 11.8. The first-order valence-electron chi connectivity index (χ1n) is 5.37. The van der Waals surface area contributed by atoms with E-state index in [4.69, 9.17) is 22.1 Å². The molecule has 0 aliphatic carbocycles. The number of Topliss-reactive ketones (excluding diaryl/α,β-unsaturated/α-hetero) is 1. The van der Waals surface area contributed by atoms with Gasteiger partial charge in [0.15, 0.2) is 6.61 Å². The minimum Gasteiger partial charge on any atom is -0.485 e. The van der Waals surface area contributed by atoms with Crippen molar-refractivity contribution >= 4 is 34.6 Å². The van der Waals surface area contributed by atoms with Crippen molar-refractivity contribution in [3.05, 3.63) is 51.2 Å². The molecule has 0 saturated carbocycles. The summed E-state index contributed by atoms with van der Waals surface area (Å²) in [5.41, 5.74) is 5.51. The topological polar surface area (TPSA) is 69.4 Å². The Morgan fingerprint density at radius 1 is 1.16 bits per heavy atom. The molecule has 0 fully saturated rings. The molecule has 1 heterocycles. The monoisotopic (exact) mass is 295 g/mol. The Kier molecular flexibility index (Phi) is 4.19. The summed E-state index contributed by atoms with van der Waals surface area (Å²) < 4.78 is 5.89. The Morgan fingerprint density at radius 3 is 2.37 bits per heavy atom. The molecule has 6 heteroatoms. The van der Waals surface area contributed by atoms with Gasteiger partial charge in [0.2, 0.25) is 11.7 Å². The number of benzene rings is 1. The highest BCUT2D eigenvalue weighted by Crippen LogP contribution is 2.22. The number of carbonyl (C=O) groups is 2. The summed E-state index contributed by atoms with van der Waals surface area (Å²) in [5, 5.41) is 0. The largest absolute Gasteiger partial charge is 0.485 e. The number of halogens is 1. The van der Waals surface area contributed by atoms with Crippen LogP contribution in [-0.2, 0) is 0 Å². The summed E-state index contributed by atoms with van der Waals surface area (Å²) in [6.07, 6.45) is 0. The average Bonchev–Trinajstić information content (AvgIpc) is 2.83. The number of ether oxygens (including phenoxy) is 1. The van der Waals surface area contributed by atoms with E-state index in [0.29, 0.717) is 20.5 Å². The molecule has 98 valence electrons. The summed E-state index contributed by atoms with van der Waals surface area (Å²) >= 11 is 6.96. The minimum atomic E-state index is -0.504. The van der Waals surface area contributed by atoms with Crippen molar-refractivity contribution in [1.29, 1.82) is 0 Å². The van der Waals surface area contributed by atoms with E-state index in [0.717, 1.165) is 0 Å². The maximum atomic E-state index is 11.8. The molecule has 2 N–H and O–H groups in total. The van der Waals surface area contributed by atoms with Gasteiger partial charge in [0.1, 0.15) is 5.75 Å². The number of hydrogen-bond donors (Lipinski definition) is 1. The predicted molar refractivity (Wildman–Crippen MR) is 74.1 cm³/mol. The average molecular weight is 296 g/mol. The molecule has 0 atom stereocenters. The molecule has 0 bridgehead atoms. The zero-order chi connectivity index (χ0) is 13.8. The van der Waals surface area contributed by atoms with Gasteiger partial charge in [-0.05, 0) is 36.4 Å². The molecule has 2 aromatic rings. The van der Waals surface area contributed by atoms with Crippen LogP contribution in [0.1, 0.15) is 20.0 Å². The molecular formula is C13H10ClNO3S. The molecular weight excluding hydrogens is 286 g/mol. The Balaban J connectivity index is 1.95. The van der Waals surface area contributed by atoms with Gasteiger partial charge >= 0.3 is 0 Å². The van der Waals surface area contributed by atoms with E-state index in [1.54, 1.807) is 36.4 Å². The van der Waals surface area contributed by atoms with Crippen molar-refractivity contribution in [1.82, 2.24) is 0 Å². The van der Waals surface area contributed by atoms with Crippen molar-refractivity contribution in [2.45, 2.75) is 0 Å². The van der Waals surface area contributed by atoms with Crippen molar-refractivity contribution in [3.8, 4) is 5.75 Å².